The molecule has 4 nitrogen and oxygen atoms in total. The summed E-state index contributed by atoms with van der Waals surface area (Å²) in [5.41, 5.74) is 0.336. The number of nitrogens with zero attached hydrogens (tertiary/aromatic N) is 2. The number of halogens is 1. The summed E-state index contributed by atoms with van der Waals surface area (Å²) >= 11 is 4.87. The molecule has 0 amide bonds. The molecular weight excluding hydrogens is 424 g/mol. The van der Waals surface area contributed by atoms with Crippen molar-refractivity contribution in [1.82, 2.24) is 9.55 Å². The summed E-state index contributed by atoms with van der Waals surface area (Å²) in [5, 5.41) is 0.748. The Balaban J connectivity index is 2.15. The first-order chi connectivity index (χ1) is 13.0. The molecule has 0 unspecified atom stereocenters. The van der Waals surface area contributed by atoms with Crippen LogP contribution >= 0.6 is 27.3 Å². The van der Waals surface area contributed by atoms with Gasteiger partial charge in [0.25, 0.3) is 5.56 Å². The molecule has 0 aliphatic rings. The normalized spacial score (nSPS) is 11.6. The van der Waals surface area contributed by atoms with Crippen LogP contribution in [-0.2, 0) is 6.54 Å². The first kappa shape index (κ1) is 18.1. The number of benzene rings is 2. The molecule has 0 radical (unpaired) electrons. The third-order valence-corrected chi connectivity index (χ3v) is 5.89. The van der Waals surface area contributed by atoms with E-state index in [1.54, 1.807) is 10.6 Å². The van der Waals surface area contributed by atoms with E-state index in [0.717, 1.165) is 14.7 Å². The van der Waals surface area contributed by atoms with Crippen LogP contribution in [0.3, 0.4) is 0 Å². The summed E-state index contributed by atoms with van der Waals surface area (Å²) in [6.07, 6.45) is 0. The second-order valence-electron chi connectivity index (χ2n) is 6.86. The van der Waals surface area contributed by atoms with Gasteiger partial charge in [-0.15, -0.1) is 11.3 Å². The maximum atomic E-state index is 13.3. The average molecular weight is 441 g/mol. The van der Waals surface area contributed by atoms with E-state index in [0.29, 0.717) is 22.6 Å². The van der Waals surface area contributed by atoms with E-state index in [4.69, 9.17) is 4.98 Å². The predicted octanol–water partition coefficient (Wildman–Crippen LogP) is 5.06. The van der Waals surface area contributed by atoms with Crippen LogP contribution in [0, 0.1) is 5.92 Å². The van der Waals surface area contributed by atoms with Gasteiger partial charge in [0.2, 0.25) is 5.43 Å². The number of hydrogen-bond acceptors (Lipinski definition) is 4. The summed E-state index contributed by atoms with van der Waals surface area (Å²) in [6, 6.07) is 15.1. The van der Waals surface area contributed by atoms with Gasteiger partial charge in [0.15, 0.2) is 0 Å². The molecule has 2 aromatic heterocycles. The van der Waals surface area contributed by atoms with Gasteiger partial charge in [0, 0.05) is 26.7 Å². The van der Waals surface area contributed by atoms with Crippen LogP contribution in [0.2, 0.25) is 0 Å². The lowest BCUT2D eigenvalue weighted by Gasteiger charge is -2.15. The van der Waals surface area contributed by atoms with Crippen molar-refractivity contribution in [3.8, 4) is 11.4 Å². The average Bonchev–Trinajstić information content (AvgIpc) is 2.63. The number of aromatic nitrogens is 2. The van der Waals surface area contributed by atoms with Gasteiger partial charge in [-0.25, -0.2) is 4.98 Å². The van der Waals surface area contributed by atoms with E-state index in [2.05, 4.69) is 15.9 Å². The maximum Gasteiger partial charge on any atom is 0.266 e. The molecular formula is C21H17BrN2O2S. The Bertz CT molecular complexity index is 1290. The molecule has 4 rings (SSSR count). The second-order valence-corrected chi connectivity index (χ2v) is 8.81. The highest BCUT2D eigenvalue weighted by Gasteiger charge is 2.18. The van der Waals surface area contributed by atoms with E-state index in [1.165, 1.54) is 11.3 Å². The number of hydrogen-bond donors (Lipinski definition) is 0. The van der Waals surface area contributed by atoms with Gasteiger partial charge in [-0.2, -0.15) is 0 Å². The van der Waals surface area contributed by atoms with Crippen molar-refractivity contribution in [3.63, 3.8) is 0 Å². The van der Waals surface area contributed by atoms with E-state index in [1.807, 2.05) is 56.3 Å². The molecule has 0 spiro atoms. The summed E-state index contributed by atoms with van der Waals surface area (Å²) in [6.45, 7) is 4.59. The minimum atomic E-state index is -0.268. The SMILES string of the molecule is CC(C)Cn1c(-c2cccc(Br)c2)nc2sc3ccccc3c(=O)c2c1=O. The molecule has 136 valence electrons. The molecule has 0 aliphatic carbocycles. The molecule has 0 saturated heterocycles. The third kappa shape index (κ3) is 3.24. The standard InChI is InChI=1S/C21H17BrN2O2S/c1-12(2)11-24-19(13-6-5-7-14(22)10-13)23-20-17(21(24)26)18(25)15-8-3-4-9-16(15)27-20/h3-10,12H,11H2,1-2H3. The summed E-state index contributed by atoms with van der Waals surface area (Å²) < 4.78 is 3.39. The third-order valence-electron chi connectivity index (χ3n) is 4.33. The highest BCUT2D eigenvalue weighted by molar-refractivity contribution is 9.10. The zero-order valence-electron chi connectivity index (χ0n) is 14.9. The van der Waals surface area contributed by atoms with Gasteiger partial charge >= 0.3 is 0 Å². The highest BCUT2D eigenvalue weighted by Crippen LogP contribution is 2.26. The Hall–Kier alpha value is -2.31. The van der Waals surface area contributed by atoms with Crippen LogP contribution < -0.4 is 11.0 Å². The van der Waals surface area contributed by atoms with Crippen LogP contribution in [0.15, 0.2) is 62.6 Å². The zero-order chi connectivity index (χ0) is 19.1. The van der Waals surface area contributed by atoms with Crippen LogP contribution in [-0.4, -0.2) is 9.55 Å². The van der Waals surface area contributed by atoms with Gasteiger partial charge in [0.1, 0.15) is 16.0 Å². The molecule has 0 bridgehead atoms. The van der Waals surface area contributed by atoms with Gasteiger partial charge in [-0.1, -0.05) is 54.0 Å². The quantitative estimate of drug-likeness (QED) is 0.418. The van der Waals surface area contributed by atoms with Crippen LogP contribution in [0.4, 0.5) is 0 Å². The van der Waals surface area contributed by atoms with E-state index >= 15 is 0 Å². The molecule has 0 saturated carbocycles. The molecule has 6 heteroatoms. The molecule has 0 N–H and O–H groups in total. The van der Waals surface area contributed by atoms with Crippen molar-refractivity contribution >= 4 is 47.6 Å². The van der Waals surface area contributed by atoms with Crippen LogP contribution in [0.25, 0.3) is 31.7 Å². The van der Waals surface area contributed by atoms with Crippen molar-refractivity contribution in [1.29, 1.82) is 0 Å². The fourth-order valence-electron chi connectivity index (χ4n) is 3.17. The Labute approximate surface area is 168 Å². The largest absolute Gasteiger partial charge is 0.292 e. The van der Waals surface area contributed by atoms with E-state index < -0.39 is 0 Å². The number of fused-ring (bicyclic) bond motifs is 2. The van der Waals surface area contributed by atoms with Gasteiger partial charge < -0.3 is 0 Å². The van der Waals surface area contributed by atoms with Gasteiger partial charge in [0.05, 0.1) is 0 Å². The minimum absolute atomic E-state index is 0.179. The Morgan fingerprint density at radius 1 is 1.11 bits per heavy atom. The maximum absolute atomic E-state index is 13.3. The molecule has 0 atom stereocenters. The summed E-state index contributed by atoms with van der Waals surface area (Å²) in [4.78, 5) is 31.6. The molecule has 0 fully saturated rings. The topological polar surface area (TPSA) is 52.0 Å². The lowest BCUT2D eigenvalue weighted by Crippen LogP contribution is -2.28. The Morgan fingerprint density at radius 3 is 2.63 bits per heavy atom. The lowest BCUT2D eigenvalue weighted by atomic mass is 10.1. The van der Waals surface area contributed by atoms with E-state index in [9.17, 15) is 9.59 Å². The minimum Gasteiger partial charge on any atom is -0.292 e. The van der Waals surface area contributed by atoms with E-state index in [-0.39, 0.29) is 22.3 Å². The van der Waals surface area contributed by atoms with Crippen LogP contribution in [0.5, 0.6) is 0 Å². The summed E-state index contributed by atoms with van der Waals surface area (Å²) in [5.74, 6) is 0.834. The number of rotatable bonds is 3. The molecule has 2 heterocycles. The van der Waals surface area contributed by atoms with Gasteiger partial charge in [-0.05, 0) is 30.2 Å². The first-order valence-corrected chi connectivity index (χ1v) is 10.3. The zero-order valence-corrected chi connectivity index (χ0v) is 17.3. The van der Waals surface area contributed by atoms with Crippen LogP contribution in [0.1, 0.15) is 13.8 Å². The molecule has 2 aromatic carbocycles. The van der Waals surface area contributed by atoms with Crippen molar-refractivity contribution in [2.45, 2.75) is 20.4 Å². The second kappa shape index (κ2) is 7.02. The summed E-state index contributed by atoms with van der Waals surface area (Å²) in [7, 11) is 0. The smallest absolute Gasteiger partial charge is 0.266 e. The Kier molecular flexibility index (Phi) is 4.70. The molecule has 27 heavy (non-hydrogen) atoms. The fraction of sp³-hybridized carbons (Fsp3) is 0.190. The first-order valence-electron chi connectivity index (χ1n) is 8.68. The van der Waals surface area contributed by atoms with Crippen molar-refractivity contribution < 1.29 is 0 Å². The highest BCUT2D eigenvalue weighted by atomic mass is 79.9. The monoisotopic (exact) mass is 440 g/mol. The van der Waals surface area contributed by atoms with Gasteiger partial charge in [-0.3, -0.25) is 14.2 Å². The molecule has 4 aromatic rings. The van der Waals surface area contributed by atoms with Crippen molar-refractivity contribution in [2.75, 3.05) is 0 Å². The van der Waals surface area contributed by atoms with Crippen molar-refractivity contribution in [3.05, 3.63) is 73.6 Å². The fourth-order valence-corrected chi connectivity index (χ4v) is 4.61. The predicted molar refractivity (Wildman–Crippen MR) is 116 cm³/mol. The molecule has 0 aliphatic heterocycles. The Morgan fingerprint density at radius 2 is 1.89 bits per heavy atom. The van der Waals surface area contributed by atoms with Crippen molar-refractivity contribution in [2.24, 2.45) is 5.92 Å². The lowest BCUT2D eigenvalue weighted by molar-refractivity contribution is 0.513.